The lowest BCUT2D eigenvalue weighted by Gasteiger charge is -2.32. The maximum Gasteiger partial charge on any atom is 0.192 e. The Balaban J connectivity index is 1.24. The van der Waals surface area contributed by atoms with Gasteiger partial charge in [0.15, 0.2) is 5.69 Å². The summed E-state index contributed by atoms with van der Waals surface area (Å²) >= 11 is 0. The summed E-state index contributed by atoms with van der Waals surface area (Å²) in [6.45, 7) is 13.3. The third-order valence-electron chi connectivity index (χ3n) is 8.04. The van der Waals surface area contributed by atoms with Gasteiger partial charge >= 0.3 is 0 Å². The molecule has 2 aromatic heterocycles. The monoisotopic (exact) mass is 428 g/mol. The van der Waals surface area contributed by atoms with Crippen LogP contribution in [-0.4, -0.2) is 47.6 Å². The minimum atomic E-state index is 0.592. The summed E-state index contributed by atoms with van der Waals surface area (Å²) < 4.78 is 0. The van der Waals surface area contributed by atoms with Crippen LogP contribution >= 0.6 is 0 Å². The van der Waals surface area contributed by atoms with Crippen LogP contribution in [0.2, 0.25) is 0 Å². The zero-order valence-corrected chi connectivity index (χ0v) is 18.7. The van der Waals surface area contributed by atoms with Crippen molar-refractivity contribution in [3.8, 4) is 0 Å². The number of rotatable bonds is 6. The van der Waals surface area contributed by atoms with Crippen LogP contribution in [0.1, 0.15) is 50.0 Å². The van der Waals surface area contributed by atoms with Gasteiger partial charge in [-0.15, -0.1) is 0 Å². The average Bonchev–Trinajstić information content (AvgIpc) is 3.57. The van der Waals surface area contributed by atoms with E-state index in [1.807, 2.05) is 0 Å². The summed E-state index contributed by atoms with van der Waals surface area (Å²) in [6.07, 6.45) is 9.76. The van der Waals surface area contributed by atoms with E-state index in [1.54, 1.807) is 18.3 Å². The van der Waals surface area contributed by atoms with Gasteiger partial charge in [-0.05, 0) is 105 Å². The van der Waals surface area contributed by atoms with Gasteiger partial charge in [-0.1, -0.05) is 0 Å². The SMILES string of the molecule is [C-]#[N+]c1ccnc(Nc2cc(C3CCN(CC4CC4)CC3)cc(N3CC4CCC4C3)n2)c1. The highest BCUT2D eigenvalue weighted by Gasteiger charge is 2.40. The molecule has 4 aliphatic rings. The maximum absolute atomic E-state index is 7.28. The van der Waals surface area contributed by atoms with Crippen molar-refractivity contribution < 1.29 is 0 Å². The van der Waals surface area contributed by atoms with Crippen LogP contribution in [0.4, 0.5) is 23.1 Å². The first-order valence-electron chi connectivity index (χ1n) is 12.3. The second-order valence-corrected chi connectivity index (χ2v) is 10.3. The molecule has 6 nitrogen and oxygen atoms in total. The van der Waals surface area contributed by atoms with Gasteiger partial charge in [0, 0.05) is 25.8 Å². The first-order valence-corrected chi connectivity index (χ1v) is 12.3. The van der Waals surface area contributed by atoms with Crippen molar-refractivity contribution >= 4 is 23.1 Å². The smallest absolute Gasteiger partial charge is 0.192 e. The summed E-state index contributed by atoms with van der Waals surface area (Å²) in [6, 6.07) is 8.12. The van der Waals surface area contributed by atoms with Crippen LogP contribution in [0.15, 0.2) is 30.5 Å². The molecule has 4 fully saturated rings. The van der Waals surface area contributed by atoms with Crippen LogP contribution in [-0.2, 0) is 0 Å². The van der Waals surface area contributed by atoms with Crippen molar-refractivity contribution in [2.75, 3.05) is 42.9 Å². The predicted octanol–water partition coefficient (Wildman–Crippen LogP) is 5.21. The predicted molar refractivity (Wildman–Crippen MR) is 128 cm³/mol. The van der Waals surface area contributed by atoms with Crippen LogP contribution < -0.4 is 10.2 Å². The first kappa shape index (κ1) is 20.0. The molecule has 2 aliphatic heterocycles. The maximum atomic E-state index is 7.28. The number of piperidine rings is 1. The Labute approximate surface area is 190 Å². The van der Waals surface area contributed by atoms with E-state index in [1.165, 1.54) is 63.7 Å². The second-order valence-electron chi connectivity index (χ2n) is 10.3. The van der Waals surface area contributed by atoms with Crippen LogP contribution in [0.5, 0.6) is 0 Å². The highest BCUT2D eigenvalue weighted by Crippen LogP contribution is 2.43. The molecule has 1 N–H and O–H groups in total. The zero-order chi connectivity index (χ0) is 21.5. The Morgan fingerprint density at radius 3 is 2.44 bits per heavy atom. The number of aromatic nitrogens is 2. The van der Waals surface area contributed by atoms with Crippen LogP contribution in [0.25, 0.3) is 4.85 Å². The number of nitrogens with one attached hydrogen (secondary N) is 1. The van der Waals surface area contributed by atoms with Gasteiger partial charge < -0.3 is 15.1 Å². The van der Waals surface area contributed by atoms with Crippen molar-refractivity contribution in [1.29, 1.82) is 0 Å². The molecule has 6 rings (SSSR count). The van der Waals surface area contributed by atoms with Gasteiger partial charge in [0.1, 0.15) is 17.5 Å². The Kier molecular flexibility index (Phi) is 5.23. The normalized spacial score (nSPS) is 25.8. The lowest BCUT2D eigenvalue weighted by molar-refractivity contribution is 0.204. The van der Waals surface area contributed by atoms with E-state index in [4.69, 9.17) is 11.6 Å². The third kappa shape index (κ3) is 4.19. The van der Waals surface area contributed by atoms with E-state index >= 15 is 0 Å². The minimum absolute atomic E-state index is 0.592. The molecule has 2 saturated carbocycles. The molecule has 166 valence electrons. The fourth-order valence-corrected chi connectivity index (χ4v) is 5.75. The fourth-order valence-electron chi connectivity index (χ4n) is 5.75. The van der Waals surface area contributed by atoms with Gasteiger partial charge in [0.05, 0.1) is 6.57 Å². The number of anilines is 3. The molecule has 2 atom stereocenters. The molecule has 2 unspecified atom stereocenters. The molecule has 0 radical (unpaired) electrons. The highest BCUT2D eigenvalue weighted by molar-refractivity contribution is 5.61. The molecule has 32 heavy (non-hydrogen) atoms. The Bertz CT molecular complexity index is 1010. The minimum Gasteiger partial charge on any atom is -0.356 e. The lowest BCUT2D eigenvalue weighted by atomic mass is 9.77. The standard InChI is InChI=1S/C26H32N6/c1-27-23-6-9-28-24(14-23)29-25-12-22(19-7-10-31(11-8-19)15-18-2-3-18)13-26(30-25)32-16-20-4-5-21(20)17-32/h6,9,12-14,18-21H,2-5,7-8,10-11,15-17H2,(H,28,29,30). The molecule has 2 aliphatic carbocycles. The van der Waals surface area contributed by atoms with Crippen molar-refractivity contribution in [3.05, 3.63) is 47.4 Å². The van der Waals surface area contributed by atoms with E-state index in [0.717, 1.165) is 42.5 Å². The van der Waals surface area contributed by atoms with E-state index < -0.39 is 0 Å². The summed E-state index contributed by atoms with van der Waals surface area (Å²) in [4.78, 5) is 18.1. The molecule has 0 bridgehead atoms. The number of hydrogen-bond acceptors (Lipinski definition) is 5. The Hall–Kier alpha value is -2.65. The second kappa shape index (κ2) is 8.37. The highest BCUT2D eigenvalue weighted by atomic mass is 15.2. The molecular weight excluding hydrogens is 396 g/mol. The fraction of sp³-hybridized carbons (Fsp3) is 0.577. The summed E-state index contributed by atoms with van der Waals surface area (Å²) in [5, 5.41) is 3.40. The van der Waals surface area contributed by atoms with Crippen LogP contribution in [0, 0.1) is 24.3 Å². The first-order chi connectivity index (χ1) is 15.7. The molecule has 0 spiro atoms. The molecule has 2 saturated heterocycles. The topological polar surface area (TPSA) is 48.7 Å². The van der Waals surface area contributed by atoms with Gasteiger partial charge in [0.25, 0.3) is 0 Å². The number of fused-ring (bicyclic) bond motifs is 1. The number of pyridine rings is 2. The van der Waals surface area contributed by atoms with E-state index in [2.05, 4.69) is 37.1 Å². The lowest BCUT2D eigenvalue weighted by Crippen LogP contribution is -2.34. The van der Waals surface area contributed by atoms with Crippen molar-refractivity contribution in [2.45, 2.75) is 44.4 Å². The Morgan fingerprint density at radius 1 is 0.969 bits per heavy atom. The molecule has 6 heteroatoms. The number of likely N-dealkylation sites (tertiary alicyclic amines) is 1. The van der Waals surface area contributed by atoms with E-state index in [-0.39, 0.29) is 0 Å². The molecule has 4 heterocycles. The van der Waals surface area contributed by atoms with Crippen molar-refractivity contribution in [2.24, 2.45) is 17.8 Å². The zero-order valence-electron chi connectivity index (χ0n) is 18.7. The van der Waals surface area contributed by atoms with Gasteiger partial charge in [0.2, 0.25) is 0 Å². The van der Waals surface area contributed by atoms with Gasteiger partial charge in [-0.25, -0.2) is 14.8 Å². The van der Waals surface area contributed by atoms with E-state index in [0.29, 0.717) is 17.4 Å². The number of nitrogens with zero attached hydrogens (tertiary/aromatic N) is 5. The van der Waals surface area contributed by atoms with Crippen LogP contribution in [0.3, 0.4) is 0 Å². The summed E-state index contributed by atoms with van der Waals surface area (Å²) in [7, 11) is 0. The number of hydrogen-bond donors (Lipinski definition) is 1. The molecule has 0 aromatic carbocycles. The third-order valence-corrected chi connectivity index (χ3v) is 8.04. The molecule has 2 aromatic rings. The van der Waals surface area contributed by atoms with Crippen molar-refractivity contribution in [1.82, 2.24) is 14.9 Å². The van der Waals surface area contributed by atoms with E-state index in [9.17, 15) is 0 Å². The van der Waals surface area contributed by atoms with Crippen molar-refractivity contribution in [3.63, 3.8) is 0 Å². The Morgan fingerprint density at radius 2 is 1.75 bits per heavy atom. The summed E-state index contributed by atoms with van der Waals surface area (Å²) in [5.41, 5.74) is 2.00. The van der Waals surface area contributed by atoms with Gasteiger partial charge in [-0.2, -0.15) is 0 Å². The average molecular weight is 429 g/mol. The van der Waals surface area contributed by atoms with Gasteiger partial charge in [-0.3, -0.25) is 0 Å². The largest absolute Gasteiger partial charge is 0.356 e. The quantitative estimate of drug-likeness (QED) is 0.641. The summed E-state index contributed by atoms with van der Waals surface area (Å²) in [5.74, 6) is 5.94. The molecule has 0 amide bonds. The molecular formula is C26H32N6.